The van der Waals surface area contributed by atoms with E-state index in [0.717, 1.165) is 10.7 Å². The van der Waals surface area contributed by atoms with E-state index >= 15 is 0 Å². The van der Waals surface area contributed by atoms with Gasteiger partial charge in [0.25, 0.3) is 17.6 Å². The van der Waals surface area contributed by atoms with Crippen LogP contribution in [0.3, 0.4) is 0 Å². The normalized spacial score (nSPS) is 16.8. The second kappa shape index (κ2) is 6.59. The Morgan fingerprint density at radius 2 is 1.50 bits per heavy atom. The maximum atomic E-state index is 12.6. The third-order valence-electron chi connectivity index (χ3n) is 4.84. The summed E-state index contributed by atoms with van der Waals surface area (Å²) in [4.78, 5) is 45.5. The lowest BCUT2D eigenvalue weighted by Gasteiger charge is -2.31. The molecule has 1 fully saturated rings. The number of hydrogen-bond acceptors (Lipinski definition) is 4. The topological polar surface area (TPSA) is 75.1 Å². The number of fused-ring (bicyclic) bond motifs is 1. The standard InChI is InChI=1S/C19H18N4O3/c24-17(13-23-18(25)14-5-1-2-6-15(14)19(23)26)22-11-9-21(10-12-22)16-7-3-4-8-20-16/h1-8H,9-13H2/p+1. The number of pyridine rings is 1. The van der Waals surface area contributed by atoms with Crippen molar-refractivity contribution in [1.82, 2.24) is 9.80 Å². The average Bonchev–Trinajstić information content (AvgIpc) is 2.94. The largest absolute Gasteiger partial charge is 0.333 e. The van der Waals surface area contributed by atoms with Crippen LogP contribution >= 0.6 is 0 Å². The van der Waals surface area contributed by atoms with Crippen molar-refractivity contribution >= 4 is 23.5 Å². The molecule has 0 bridgehead atoms. The first-order chi connectivity index (χ1) is 12.6. The molecule has 2 aromatic rings. The number of carbonyl (C=O) groups is 3. The van der Waals surface area contributed by atoms with Crippen LogP contribution in [-0.2, 0) is 4.79 Å². The van der Waals surface area contributed by atoms with Gasteiger partial charge < -0.3 is 4.90 Å². The Hall–Kier alpha value is -3.22. The van der Waals surface area contributed by atoms with Crippen LogP contribution < -0.4 is 9.88 Å². The Balaban J connectivity index is 1.38. The van der Waals surface area contributed by atoms with Gasteiger partial charge in [-0.3, -0.25) is 24.2 Å². The average molecular weight is 351 g/mol. The number of anilines is 1. The van der Waals surface area contributed by atoms with E-state index in [2.05, 4.69) is 9.88 Å². The first kappa shape index (κ1) is 16.3. The van der Waals surface area contributed by atoms with E-state index in [-0.39, 0.29) is 12.5 Å². The highest BCUT2D eigenvalue weighted by Gasteiger charge is 2.37. The van der Waals surface area contributed by atoms with Crippen molar-refractivity contribution in [2.45, 2.75) is 0 Å². The first-order valence-electron chi connectivity index (χ1n) is 8.60. The van der Waals surface area contributed by atoms with E-state index in [4.69, 9.17) is 0 Å². The van der Waals surface area contributed by atoms with Crippen molar-refractivity contribution in [2.75, 3.05) is 37.6 Å². The van der Waals surface area contributed by atoms with Gasteiger partial charge in [-0.05, 0) is 18.2 Å². The van der Waals surface area contributed by atoms with Gasteiger partial charge in [-0.25, -0.2) is 4.98 Å². The van der Waals surface area contributed by atoms with Crippen molar-refractivity contribution < 1.29 is 19.4 Å². The molecule has 0 spiro atoms. The minimum Gasteiger partial charge on any atom is -0.333 e. The van der Waals surface area contributed by atoms with Crippen LogP contribution in [0.1, 0.15) is 20.7 Å². The molecule has 7 heteroatoms. The van der Waals surface area contributed by atoms with Crippen molar-refractivity contribution in [2.24, 2.45) is 0 Å². The zero-order valence-electron chi connectivity index (χ0n) is 14.2. The number of hydrogen-bond donors (Lipinski definition) is 0. The quantitative estimate of drug-likeness (QED) is 0.753. The Morgan fingerprint density at radius 1 is 0.885 bits per heavy atom. The molecule has 0 aliphatic carbocycles. The smallest absolute Gasteiger partial charge is 0.274 e. The number of piperazine rings is 1. The number of carbonyl (C=O) groups excluding carboxylic acids is 3. The fourth-order valence-corrected chi connectivity index (χ4v) is 3.40. The second-order valence-electron chi connectivity index (χ2n) is 6.36. The van der Waals surface area contributed by atoms with E-state index < -0.39 is 11.8 Å². The number of aromatic amines is 1. The van der Waals surface area contributed by atoms with Gasteiger partial charge in [0.1, 0.15) is 19.6 Å². The zero-order chi connectivity index (χ0) is 18.1. The maximum absolute atomic E-state index is 12.6. The number of benzene rings is 1. The van der Waals surface area contributed by atoms with Gasteiger partial charge in [0.15, 0.2) is 0 Å². The molecule has 26 heavy (non-hydrogen) atoms. The van der Waals surface area contributed by atoms with E-state index in [1.165, 1.54) is 0 Å². The van der Waals surface area contributed by atoms with Crippen molar-refractivity contribution in [3.05, 3.63) is 59.8 Å². The molecule has 4 rings (SSSR count). The summed E-state index contributed by atoms with van der Waals surface area (Å²) in [6.07, 6.45) is 1.87. The molecule has 1 N–H and O–H groups in total. The van der Waals surface area contributed by atoms with Crippen LogP contribution in [0.5, 0.6) is 0 Å². The highest BCUT2D eigenvalue weighted by atomic mass is 16.2. The van der Waals surface area contributed by atoms with Gasteiger partial charge in [0, 0.05) is 6.07 Å². The predicted molar refractivity (Wildman–Crippen MR) is 93.6 cm³/mol. The lowest BCUT2D eigenvalue weighted by atomic mass is 10.1. The van der Waals surface area contributed by atoms with Gasteiger partial charge in [0.2, 0.25) is 5.91 Å². The van der Waals surface area contributed by atoms with Crippen LogP contribution in [0.15, 0.2) is 48.7 Å². The third-order valence-corrected chi connectivity index (χ3v) is 4.84. The monoisotopic (exact) mass is 351 g/mol. The van der Waals surface area contributed by atoms with Crippen molar-refractivity contribution in [3.8, 4) is 0 Å². The zero-order valence-corrected chi connectivity index (χ0v) is 14.2. The molecule has 2 aliphatic heterocycles. The highest BCUT2D eigenvalue weighted by Crippen LogP contribution is 2.22. The molecule has 3 amide bonds. The lowest BCUT2D eigenvalue weighted by molar-refractivity contribution is -0.364. The van der Waals surface area contributed by atoms with Crippen LogP contribution in [0, 0.1) is 0 Å². The molecule has 132 valence electrons. The molecule has 2 aliphatic rings. The lowest BCUT2D eigenvalue weighted by Crippen LogP contribution is -2.52. The van der Waals surface area contributed by atoms with Crippen LogP contribution in [-0.4, -0.2) is 60.2 Å². The maximum Gasteiger partial charge on any atom is 0.274 e. The van der Waals surface area contributed by atoms with Gasteiger partial charge in [0.05, 0.1) is 30.4 Å². The summed E-state index contributed by atoms with van der Waals surface area (Å²) in [6, 6.07) is 12.6. The Bertz CT molecular complexity index is 825. The molecule has 7 nitrogen and oxygen atoms in total. The summed E-state index contributed by atoms with van der Waals surface area (Å²) in [5.41, 5.74) is 0.740. The minimum absolute atomic E-state index is 0.198. The number of nitrogens with one attached hydrogen (secondary N) is 1. The number of nitrogens with zero attached hydrogens (tertiary/aromatic N) is 3. The van der Waals surface area contributed by atoms with Crippen LogP contribution in [0.4, 0.5) is 5.82 Å². The number of rotatable bonds is 3. The van der Waals surface area contributed by atoms with Crippen LogP contribution in [0.2, 0.25) is 0 Å². The van der Waals surface area contributed by atoms with Crippen molar-refractivity contribution in [1.29, 1.82) is 0 Å². The highest BCUT2D eigenvalue weighted by molar-refractivity contribution is 6.22. The molecule has 1 aromatic heterocycles. The fraction of sp³-hybridized carbons (Fsp3) is 0.263. The summed E-state index contributed by atoms with van der Waals surface area (Å²) in [6.45, 7) is 2.32. The summed E-state index contributed by atoms with van der Waals surface area (Å²) in [5, 5.41) is 0. The predicted octanol–water partition coefficient (Wildman–Crippen LogP) is 0.446. The minimum atomic E-state index is -0.392. The first-order valence-corrected chi connectivity index (χ1v) is 8.60. The van der Waals surface area contributed by atoms with Gasteiger partial charge in [-0.2, -0.15) is 0 Å². The molecular weight excluding hydrogens is 332 g/mol. The fourth-order valence-electron chi connectivity index (χ4n) is 3.40. The second-order valence-corrected chi connectivity index (χ2v) is 6.36. The molecule has 0 radical (unpaired) electrons. The van der Waals surface area contributed by atoms with E-state index in [1.54, 1.807) is 29.2 Å². The SMILES string of the molecule is O=C(CN1C(=O)c2ccccc2C1=O)N1CCN(c2cccc[nH+]2)CC1. The van der Waals surface area contributed by atoms with Gasteiger partial charge in [-0.15, -0.1) is 0 Å². The molecule has 3 heterocycles. The summed E-state index contributed by atoms with van der Waals surface area (Å²) in [5.74, 6) is 0.0316. The molecule has 1 aromatic carbocycles. The van der Waals surface area contributed by atoms with Crippen LogP contribution in [0.25, 0.3) is 0 Å². The van der Waals surface area contributed by atoms with Gasteiger partial charge >= 0.3 is 0 Å². The summed E-state index contributed by atoms with van der Waals surface area (Å²) < 4.78 is 0. The summed E-state index contributed by atoms with van der Waals surface area (Å²) in [7, 11) is 0. The number of amides is 3. The number of H-pyrrole nitrogens is 1. The Labute approximate surface area is 150 Å². The molecule has 0 unspecified atom stereocenters. The number of aromatic nitrogens is 1. The van der Waals surface area contributed by atoms with E-state index in [9.17, 15) is 14.4 Å². The van der Waals surface area contributed by atoms with E-state index in [0.29, 0.717) is 37.3 Å². The number of imide groups is 1. The molecule has 0 atom stereocenters. The third kappa shape index (κ3) is 2.81. The Morgan fingerprint density at radius 3 is 2.08 bits per heavy atom. The van der Waals surface area contributed by atoms with Crippen molar-refractivity contribution in [3.63, 3.8) is 0 Å². The Kier molecular flexibility index (Phi) is 4.12. The summed E-state index contributed by atoms with van der Waals surface area (Å²) >= 11 is 0. The molecule has 0 saturated carbocycles. The van der Waals surface area contributed by atoms with E-state index in [1.807, 2.05) is 24.4 Å². The molecular formula is C19H19N4O3+. The van der Waals surface area contributed by atoms with Gasteiger partial charge in [-0.1, -0.05) is 18.2 Å². The molecule has 1 saturated heterocycles.